The molecule has 2 rings (SSSR count). The molecule has 0 saturated heterocycles. The van der Waals surface area contributed by atoms with E-state index in [-0.39, 0.29) is 6.04 Å². The highest BCUT2D eigenvalue weighted by atomic mass is 35.5. The lowest BCUT2D eigenvalue weighted by Crippen LogP contribution is -2.31. The van der Waals surface area contributed by atoms with Gasteiger partial charge in [-0.15, -0.1) is 0 Å². The average Bonchev–Trinajstić information content (AvgIpc) is 2.48. The van der Waals surface area contributed by atoms with Crippen molar-refractivity contribution in [2.75, 3.05) is 12.4 Å². The normalized spacial score (nSPS) is 11.6. The van der Waals surface area contributed by atoms with Gasteiger partial charge >= 0.3 is 0 Å². The fourth-order valence-corrected chi connectivity index (χ4v) is 2.53. The first-order chi connectivity index (χ1) is 10.5. The van der Waals surface area contributed by atoms with E-state index in [1.807, 2.05) is 0 Å². The molecule has 0 saturated carbocycles. The van der Waals surface area contributed by atoms with Gasteiger partial charge in [0, 0.05) is 5.02 Å². The van der Waals surface area contributed by atoms with Gasteiger partial charge in [0.2, 0.25) is 0 Å². The Kier molecular flexibility index (Phi) is 5.63. The lowest BCUT2D eigenvalue weighted by Gasteiger charge is -2.18. The number of nitrogens with one attached hydrogen (secondary N) is 2. The van der Waals surface area contributed by atoms with Crippen LogP contribution in [0.1, 0.15) is 24.1 Å². The van der Waals surface area contributed by atoms with Gasteiger partial charge in [0.1, 0.15) is 5.75 Å². The lowest BCUT2D eigenvalue weighted by molar-refractivity contribution is 0.417. The molecule has 0 aromatic heterocycles. The van der Waals surface area contributed by atoms with E-state index in [2.05, 4.69) is 48.7 Å². The van der Waals surface area contributed by atoms with Crippen LogP contribution in [0.4, 0.5) is 5.69 Å². The number of halogens is 1. The minimum atomic E-state index is 0.103. The first-order valence-electron chi connectivity index (χ1n) is 6.97. The fraction of sp³-hybridized carbons (Fsp3) is 0.235. The SMILES string of the molecule is COc1ccc(Cl)cc1NC(=S)NC(C)c1ccc(C)cc1. The number of hydrogen-bond donors (Lipinski definition) is 2. The smallest absolute Gasteiger partial charge is 0.171 e. The van der Waals surface area contributed by atoms with Crippen molar-refractivity contribution < 1.29 is 4.74 Å². The summed E-state index contributed by atoms with van der Waals surface area (Å²) in [5, 5.41) is 7.53. The molecule has 0 bridgehead atoms. The molecular formula is C17H19ClN2OS. The average molecular weight is 335 g/mol. The van der Waals surface area contributed by atoms with Crippen molar-refractivity contribution in [1.82, 2.24) is 5.32 Å². The number of aryl methyl sites for hydroxylation is 1. The number of ether oxygens (including phenoxy) is 1. The predicted octanol–water partition coefficient (Wildman–Crippen LogP) is 4.70. The predicted molar refractivity (Wildman–Crippen MR) is 97.0 cm³/mol. The summed E-state index contributed by atoms with van der Waals surface area (Å²) in [6.07, 6.45) is 0. The summed E-state index contributed by atoms with van der Waals surface area (Å²) in [6, 6.07) is 13.8. The van der Waals surface area contributed by atoms with Crippen molar-refractivity contribution >= 4 is 34.6 Å². The number of thiocarbonyl (C=S) groups is 1. The number of anilines is 1. The molecule has 1 atom stereocenters. The van der Waals surface area contributed by atoms with E-state index in [1.165, 1.54) is 11.1 Å². The van der Waals surface area contributed by atoms with Gasteiger partial charge in [-0.05, 0) is 49.8 Å². The molecule has 2 aromatic carbocycles. The second kappa shape index (κ2) is 7.47. The van der Waals surface area contributed by atoms with Gasteiger partial charge in [-0.3, -0.25) is 0 Å². The van der Waals surface area contributed by atoms with Gasteiger partial charge in [0.25, 0.3) is 0 Å². The molecule has 0 radical (unpaired) electrons. The van der Waals surface area contributed by atoms with Gasteiger partial charge in [0.15, 0.2) is 5.11 Å². The van der Waals surface area contributed by atoms with Crippen LogP contribution in [0.3, 0.4) is 0 Å². The van der Waals surface area contributed by atoms with E-state index < -0.39 is 0 Å². The monoisotopic (exact) mass is 334 g/mol. The number of methoxy groups -OCH3 is 1. The highest BCUT2D eigenvalue weighted by Gasteiger charge is 2.09. The number of benzene rings is 2. The van der Waals surface area contributed by atoms with Gasteiger partial charge in [-0.25, -0.2) is 0 Å². The summed E-state index contributed by atoms with van der Waals surface area (Å²) in [6.45, 7) is 4.13. The van der Waals surface area contributed by atoms with Gasteiger partial charge < -0.3 is 15.4 Å². The third-order valence-corrected chi connectivity index (χ3v) is 3.79. The topological polar surface area (TPSA) is 33.3 Å². The van der Waals surface area contributed by atoms with Gasteiger partial charge in [-0.2, -0.15) is 0 Å². The Balaban J connectivity index is 2.03. The number of hydrogen-bond acceptors (Lipinski definition) is 2. The summed E-state index contributed by atoms with van der Waals surface area (Å²) in [5.41, 5.74) is 3.15. The Morgan fingerprint density at radius 1 is 1.18 bits per heavy atom. The largest absolute Gasteiger partial charge is 0.495 e. The van der Waals surface area contributed by atoms with E-state index >= 15 is 0 Å². The zero-order chi connectivity index (χ0) is 16.1. The van der Waals surface area contributed by atoms with E-state index in [0.29, 0.717) is 15.9 Å². The summed E-state index contributed by atoms with van der Waals surface area (Å²) >= 11 is 11.4. The number of rotatable bonds is 4. The van der Waals surface area contributed by atoms with Crippen LogP contribution >= 0.6 is 23.8 Å². The first kappa shape index (κ1) is 16.6. The molecule has 116 valence electrons. The second-order valence-electron chi connectivity index (χ2n) is 5.08. The second-order valence-corrected chi connectivity index (χ2v) is 5.92. The van der Waals surface area contributed by atoms with Crippen LogP contribution in [0, 0.1) is 6.92 Å². The van der Waals surface area contributed by atoms with Crippen molar-refractivity contribution in [1.29, 1.82) is 0 Å². The molecule has 2 aromatic rings. The summed E-state index contributed by atoms with van der Waals surface area (Å²) in [7, 11) is 1.61. The molecule has 0 aliphatic carbocycles. The molecular weight excluding hydrogens is 316 g/mol. The molecule has 2 N–H and O–H groups in total. The Morgan fingerprint density at radius 2 is 1.86 bits per heavy atom. The molecule has 0 aliphatic heterocycles. The van der Waals surface area contributed by atoms with Gasteiger partial charge in [0.05, 0.1) is 18.8 Å². The molecule has 22 heavy (non-hydrogen) atoms. The Bertz CT molecular complexity index is 658. The maximum atomic E-state index is 6.01. The quantitative estimate of drug-likeness (QED) is 0.794. The maximum absolute atomic E-state index is 6.01. The molecule has 3 nitrogen and oxygen atoms in total. The van der Waals surface area contributed by atoms with Crippen LogP contribution in [0.5, 0.6) is 5.75 Å². The molecule has 1 unspecified atom stereocenters. The van der Waals surface area contributed by atoms with Crippen molar-refractivity contribution in [2.45, 2.75) is 19.9 Å². The Hall–Kier alpha value is -1.78. The minimum Gasteiger partial charge on any atom is -0.495 e. The third-order valence-electron chi connectivity index (χ3n) is 3.33. The van der Waals surface area contributed by atoms with Gasteiger partial charge in [-0.1, -0.05) is 41.4 Å². The standard InChI is InChI=1S/C17H19ClN2OS/c1-11-4-6-13(7-5-11)12(2)19-17(22)20-15-10-14(18)8-9-16(15)21-3/h4-10,12H,1-3H3,(H2,19,20,22). The van der Waals surface area contributed by atoms with Crippen LogP contribution in [0.25, 0.3) is 0 Å². The maximum Gasteiger partial charge on any atom is 0.171 e. The fourth-order valence-electron chi connectivity index (χ4n) is 2.07. The Morgan fingerprint density at radius 3 is 2.50 bits per heavy atom. The molecule has 0 fully saturated rings. The molecule has 5 heteroatoms. The zero-order valence-electron chi connectivity index (χ0n) is 12.8. The Labute approximate surface area is 141 Å². The van der Waals surface area contributed by atoms with E-state index in [4.69, 9.17) is 28.6 Å². The summed E-state index contributed by atoms with van der Waals surface area (Å²) in [5.74, 6) is 0.691. The van der Waals surface area contributed by atoms with Crippen molar-refractivity contribution in [3.05, 3.63) is 58.6 Å². The highest BCUT2D eigenvalue weighted by molar-refractivity contribution is 7.80. The van der Waals surface area contributed by atoms with E-state index in [1.54, 1.807) is 25.3 Å². The summed E-state index contributed by atoms with van der Waals surface area (Å²) in [4.78, 5) is 0. The van der Waals surface area contributed by atoms with Crippen LogP contribution < -0.4 is 15.4 Å². The minimum absolute atomic E-state index is 0.103. The van der Waals surface area contributed by atoms with Crippen LogP contribution in [0.2, 0.25) is 5.02 Å². The molecule has 0 heterocycles. The van der Waals surface area contributed by atoms with Crippen molar-refractivity contribution in [3.63, 3.8) is 0 Å². The van der Waals surface area contributed by atoms with E-state index in [9.17, 15) is 0 Å². The summed E-state index contributed by atoms with van der Waals surface area (Å²) < 4.78 is 5.30. The molecule has 0 spiro atoms. The van der Waals surface area contributed by atoms with E-state index in [0.717, 1.165) is 5.69 Å². The third kappa shape index (κ3) is 4.36. The zero-order valence-corrected chi connectivity index (χ0v) is 14.4. The molecule has 0 amide bonds. The van der Waals surface area contributed by atoms with Crippen LogP contribution in [-0.2, 0) is 0 Å². The van der Waals surface area contributed by atoms with Crippen molar-refractivity contribution in [3.8, 4) is 5.75 Å². The highest BCUT2D eigenvalue weighted by Crippen LogP contribution is 2.27. The van der Waals surface area contributed by atoms with Crippen LogP contribution in [0.15, 0.2) is 42.5 Å². The first-order valence-corrected chi connectivity index (χ1v) is 7.76. The van der Waals surface area contributed by atoms with Crippen molar-refractivity contribution in [2.24, 2.45) is 0 Å². The van der Waals surface area contributed by atoms with Crippen LogP contribution in [-0.4, -0.2) is 12.2 Å². The molecule has 0 aliphatic rings. The lowest BCUT2D eigenvalue weighted by atomic mass is 10.1.